The van der Waals surface area contributed by atoms with Crippen molar-refractivity contribution in [2.75, 3.05) is 6.54 Å². The van der Waals surface area contributed by atoms with Crippen molar-refractivity contribution >= 4 is 17.6 Å². The minimum atomic E-state index is -0.633. The quantitative estimate of drug-likeness (QED) is 0.747. The molecule has 0 fully saturated rings. The highest BCUT2D eigenvalue weighted by molar-refractivity contribution is 6.42. The molecule has 96 valence electrons. The molecule has 7 heteroatoms. The van der Waals surface area contributed by atoms with Gasteiger partial charge in [0.25, 0.3) is 0 Å². The number of nitrogens with one attached hydrogen (secondary N) is 2. The van der Waals surface area contributed by atoms with E-state index in [0.717, 1.165) is 0 Å². The second-order valence-electron chi connectivity index (χ2n) is 4.69. The Labute approximate surface area is 99.5 Å². The van der Waals surface area contributed by atoms with Crippen LogP contribution in [0.5, 0.6) is 0 Å². The van der Waals surface area contributed by atoms with E-state index in [0.29, 0.717) is 0 Å². The molecule has 1 rings (SSSR count). The van der Waals surface area contributed by atoms with Crippen molar-refractivity contribution < 1.29 is 19.3 Å². The van der Waals surface area contributed by atoms with Gasteiger partial charge in [0.05, 0.1) is 12.6 Å². The highest BCUT2D eigenvalue weighted by Crippen LogP contribution is 2.06. The van der Waals surface area contributed by atoms with Crippen LogP contribution in [0.3, 0.4) is 0 Å². The van der Waals surface area contributed by atoms with Crippen LogP contribution in [0.4, 0.5) is 4.79 Å². The van der Waals surface area contributed by atoms with Crippen LogP contribution in [0.15, 0.2) is 5.16 Å². The van der Waals surface area contributed by atoms with Gasteiger partial charge >= 0.3 is 6.09 Å². The third-order valence-corrected chi connectivity index (χ3v) is 1.86. The van der Waals surface area contributed by atoms with Crippen molar-refractivity contribution in [1.29, 1.82) is 0 Å². The van der Waals surface area contributed by atoms with Crippen LogP contribution in [0.2, 0.25) is 0 Å². The van der Waals surface area contributed by atoms with E-state index in [-0.39, 0.29) is 24.1 Å². The highest BCUT2D eigenvalue weighted by atomic mass is 16.8. The Morgan fingerprint density at radius 2 is 2.18 bits per heavy atom. The molecule has 1 atom stereocenters. The van der Waals surface area contributed by atoms with Gasteiger partial charge in [-0.15, -0.1) is 5.48 Å². The van der Waals surface area contributed by atoms with Crippen molar-refractivity contribution in [3.05, 3.63) is 0 Å². The molecule has 1 amide bonds. The molecule has 0 aliphatic carbocycles. The number of ether oxygens (including phenoxy) is 1. The lowest BCUT2D eigenvalue weighted by atomic mass is 10.1. The lowest BCUT2D eigenvalue weighted by Crippen LogP contribution is -2.40. The lowest BCUT2D eigenvalue weighted by Gasteiger charge is -2.19. The molecular weight excluding hydrogens is 226 g/mol. The number of ketones is 1. The number of nitrogens with zero attached hydrogens (tertiary/aromatic N) is 1. The second-order valence-corrected chi connectivity index (χ2v) is 4.69. The molecule has 0 spiro atoms. The number of carbonyl (C=O) groups is 2. The zero-order valence-corrected chi connectivity index (χ0v) is 10.4. The topological polar surface area (TPSA) is 89.0 Å². The van der Waals surface area contributed by atoms with Gasteiger partial charge < -0.3 is 10.1 Å². The molecule has 17 heavy (non-hydrogen) atoms. The van der Waals surface area contributed by atoms with Crippen molar-refractivity contribution in [2.24, 2.45) is 5.16 Å². The van der Waals surface area contributed by atoms with Crippen molar-refractivity contribution in [2.45, 2.75) is 39.3 Å². The van der Waals surface area contributed by atoms with Crippen molar-refractivity contribution in [1.82, 2.24) is 10.8 Å². The van der Waals surface area contributed by atoms with Gasteiger partial charge in [0, 0.05) is 0 Å². The SMILES string of the molecule is CC1NON=C1C(=O)CNC(=O)OC(C)(C)C. The molecule has 7 nitrogen and oxygen atoms in total. The van der Waals surface area contributed by atoms with E-state index in [1.165, 1.54) is 0 Å². The molecule has 0 aromatic rings. The Balaban J connectivity index is 2.36. The van der Waals surface area contributed by atoms with E-state index < -0.39 is 11.7 Å². The van der Waals surface area contributed by atoms with E-state index in [9.17, 15) is 9.59 Å². The van der Waals surface area contributed by atoms with Crippen LogP contribution in [-0.2, 0) is 14.5 Å². The maximum atomic E-state index is 11.6. The predicted octanol–water partition coefficient (Wildman–Crippen LogP) is 0.359. The largest absolute Gasteiger partial charge is 0.444 e. The van der Waals surface area contributed by atoms with E-state index in [1.807, 2.05) is 0 Å². The van der Waals surface area contributed by atoms with Gasteiger partial charge in [-0.2, -0.15) is 0 Å². The molecule has 0 aromatic carbocycles. The molecule has 1 heterocycles. The van der Waals surface area contributed by atoms with Gasteiger partial charge in [-0.1, -0.05) is 5.16 Å². The van der Waals surface area contributed by atoms with Crippen LogP contribution in [0.1, 0.15) is 27.7 Å². The van der Waals surface area contributed by atoms with Crippen molar-refractivity contribution in [3.8, 4) is 0 Å². The summed E-state index contributed by atoms with van der Waals surface area (Å²) in [6.45, 7) is 6.81. The molecule has 0 saturated heterocycles. The number of alkyl carbamates (subject to hydrolysis) is 1. The molecule has 1 aliphatic heterocycles. The van der Waals surface area contributed by atoms with Crippen LogP contribution >= 0.6 is 0 Å². The predicted molar refractivity (Wildman–Crippen MR) is 60.4 cm³/mol. The minimum Gasteiger partial charge on any atom is -0.444 e. The van der Waals surface area contributed by atoms with Gasteiger partial charge in [0.1, 0.15) is 11.3 Å². The molecule has 1 unspecified atom stereocenters. The molecular formula is C10H17N3O4. The normalized spacial score (nSPS) is 19.3. The second kappa shape index (κ2) is 5.13. The maximum Gasteiger partial charge on any atom is 0.408 e. The molecule has 0 bridgehead atoms. The van der Waals surface area contributed by atoms with Crippen LogP contribution in [0.25, 0.3) is 0 Å². The summed E-state index contributed by atoms with van der Waals surface area (Å²) in [7, 11) is 0. The summed E-state index contributed by atoms with van der Waals surface area (Å²) in [4.78, 5) is 27.4. The van der Waals surface area contributed by atoms with Crippen LogP contribution in [0, 0.1) is 0 Å². The average Bonchev–Trinajstić information content (AvgIpc) is 2.58. The maximum absolute atomic E-state index is 11.6. The summed E-state index contributed by atoms with van der Waals surface area (Å²) >= 11 is 0. The first-order valence-electron chi connectivity index (χ1n) is 5.29. The standard InChI is InChI=1S/C10H17N3O4/c1-6-8(13-17-12-6)7(14)5-11-9(15)16-10(2,3)4/h6,12H,5H2,1-4H3,(H,11,15). The number of oxime groups is 1. The van der Waals surface area contributed by atoms with Crippen LogP contribution < -0.4 is 10.8 Å². The number of hydroxylamine groups is 1. The van der Waals surface area contributed by atoms with Gasteiger partial charge in [-0.3, -0.25) is 9.73 Å². The number of Topliss-reactive ketones (excluding diaryl/α,β-unsaturated/α-hetero) is 1. The van der Waals surface area contributed by atoms with Gasteiger partial charge in [-0.05, 0) is 27.7 Å². The Morgan fingerprint density at radius 1 is 1.53 bits per heavy atom. The summed E-state index contributed by atoms with van der Waals surface area (Å²) in [5, 5.41) is 5.89. The van der Waals surface area contributed by atoms with Gasteiger partial charge in [-0.25, -0.2) is 4.79 Å². The van der Waals surface area contributed by atoms with Gasteiger partial charge in [0.15, 0.2) is 0 Å². The Bertz CT molecular complexity index is 346. The van der Waals surface area contributed by atoms with Gasteiger partial charge in [0.2, 0.25) is 5.78 Å². The fourth-order valence-electron chi connectivity index (χ4n) is 1.14. The molecule has 0 radical (unpaired) electrons. The van der Waals surface area contributed by atoms with E-state index in [2.05, 4.69) is 20.9 Å². The summed E-state index contributed by atoms with van der Waals surface area (Å²) in [6, 6.07) is -0.275. The molecule has 1 aliphatic rings. The monoisotopic (exact) mass is 243 g/mol. The Kier molecular flexibility index (Phi) is 4.06. The summed E-state index contributed by atoms with van der Waals surface area (Å²) in [6.07, 6.45) is -0.633. The number of hydrogen-bond acceptors (Lipinski definition) is 6. The van der Waals surface area contributed by atoms with Crippen LogP contribution in [-0.4, -0.2) is 35.8 Å². The number of hydrogen-bond donors (Lipinski definition) is 2. The zero-order valence-electron chi connectivity index (χ0n) is 10.4. The molecule has 0 aromatic heterocycles. The summed E-state index contributed by atoms with van der Waals surface area (Å²) in [5.41, 5.74) is 2.17. The first kappa shape index (κ1) is 13.4. The smallest absolute Gasteiger partial charge is 0.408 e. The fourth-order valence-corrected chi connectivity index (χ4v) is 1.14. The number of amides is 1. The summed E-state index contributed by atoms with van der Waals surface area (Å²) < 4.78 is 4.99. The fraction of sp³-hybridized carbons (Fsp3) is 0.700. The summed E-state index contributed by atoms with van der Waals surface area (Å²) in [5.74, 6) is -0.312. The van der Waals surface area contributed by atoms with Crippen molar-refractivity contribution in [3.63, 3.8) is 0 Å². The Hall–Kier alpha value is -1.63. The third kappa shape index (κ3) is 4.39. The Morgan fingerprint density at radius 3 is 2.65 bits per heavy atom. The number of rotatable bonds is 3. The van der Waals surface area contributed by atoms with E-state index in [1.54, 1.807) is 27.7 Å². The molecule has 2 N–H and O–H groups in total. The minimum absolute atomic E-state index is 0.164. The highest BCUT2D eigenvalue weighted by Gasteiger charge is 2.25. The zero-order chi connectivity index (χ0) is 13.1. The first-order valence-corrected chi connectivity index (χ1v) is 5.29. The third-order valence-electron chi connectivity index (χ3n) is 1.86. The first-order chi connectivity index (χ1) is 7.79. The molecule has 0 saturated carbocycles. The van der Waals surface area contributed by atoms with E-state index in [4.69, 9.17) is 4.74 Å². The number of carbonyl (C=O) groups excluding carboxylic acids is 2. The average molecular weight is 243 g/mol. The van der Waals surface area contributed by atoms with E-state index >= 15 is 0 Å². The lowest BCUT2D eigenvalue weighted by molar-refractivity contribution is -0.112.